The van der Waals surface area contributed by atoms with E-state index in [2.05, 4.69) is 29.2 Å². The first kappa shape index (κ1) is 12.6. The number of rotatable bonds is 2. The fourth-order valence-electron chi connectivity index (χ4n) is 5.37. The Balaban J connectivity index is 1.82. The Bertz CT molecular complexity index is 526. The molecule has 2 fully saturated rings. The van der Waals surface area contributed by atoms with E-state index in [4.69, 9.17) is 0 Å². The quantitative estimate of drug-likeness (QED) is 0.769. The van der Waals surface area contributed by atoms with Crippen LogP contribution in [0.2, 0.25) is 0 Å². The fourth-order valence-corrected chi connectivity index (χ4v) is 5.37. The highest BCUT2D eigenvalue weighted by molar-refractivity contribution is 5.52. The lowest BCUT2D eigenvalue weighted by Gasteiger charge is -2.59. The molecule has 0 N–H and O–H groups in total. The van der Waals surface area contributed by atoms with Crippen molar-refractivity contribution in [1.82, 2.24) is 4.90 Å². The molecule has 2 aliphatic carbocycles. The van der Waals surface area contributed by atoms with Gasteiger partial charge in [0, 0.05) is 11.5 Å². The lowest BCUT2D eigenvalue weighted by Crippen LogP contribution is -2.61. The molecule has 2 bridgehead atoms. The van der Waals surface area contributed by atoms with Gasteiger partial charge in [0.1, 0.15) is 6.29 Å². The summed E-state index contributed by atoms with van der Waals surface area (Å²) in [6.45, 7) is 1.73. The molecule has 1 aromatic rings. The molecule has 1 aliphatic heterocycles. The standard InChI is InChI=1S/C18H23NO/c20-12-11-19-10-9-18-8-4-3-7-16(18)17(19)13-14-5-1-2-6-15(14)18/h1-2,5-6,12,16-17H,3-4,7-11,13H2/t16-,17+,18-/m0/s1. The molecule has 2 heteroatoms. The van der Waals surface area contributed by atoms with Gasteiger partial charge in [0.2, 0.25) is 0 Å². The molecule has 20 heavy (non-hydrogen) atoms. The second kappa shape index (κ2) is 4.70. The van der Waals surface area contributed by atoms with Crippen molar-refractivity contribution in [3.8, 4) is 0 Å². The summed E-state index contributed by atoms with van der Waals surface area (Å²) in [6, 6.07) is 9.71. The number of benzene rings is 1. The molecule has 4 rings (SSSR count). The summed E-state index contributed by atoms with van der Waals surface area (Å²) >= 11 is 0. The molecule has 0 unspecified atom stereocenters. The predicted molar refractivity (Wildman–Crippen MR) is 79.8 cm³/mol. The summed E-state index contributed by atoms with van der Waals surface area (Å²) in [4.78, 5) is 13.5. The van der Waals surface area contributed by atoms with Crippen molar-refractivity contribution < 1.29 is 4.79 Å². The van der Waals surface area contributed by atoms with E-state index in [0.717, 1.165) is 25.2 Å². The van der Waals surface area contributed by atoms with Crippen LogP contribution in [0.1, 0.15) is 43.2 Å². The normalized spacial score (nSPS) is 36.0. The summed E-state index contributed by atoms with van der Waals surface area (Å²) in [5.41, 5.74) is 3.62. The van der Waals surface area contributed by atoms with Crippen LogP contribution < -0.4 is 0 Å². The second-order valence-corrected chi connectivity index (χ2v) is 6.85. The number of carbonyl (C=O) groups is 1. The maximum absolute atomic E-state index is 11.0. The number of hydrogen-bond donors (Lipinski definition) is 0. The van der Waals surface area contributed by atoms with Gasteiger partial charge in [-0.25, -0.2) is 0 Å². The van der Waals surface area contributed by atoms with Crippen molar-refractivity contribution in [1.29, 1.82) is 0 Å². The van der Waals surface area contributed by atoms with Gasteiger partial charge in [-0.05, 0) is 49.3 Å². The molecule has 2 nitrogen and oxygen atoms in total. The average molecular weight is 269 g/mol. The lowest BCUT2D eigenvalue weighted by atomic mass is 9.52. The van der Waals surface area contributed by atoms with Crippen LogP contribution in [0.4, 0.5) is 0 Å². The monoisotopic (exact) mass is 269 g/mol. The van der Waals surface area contributed by atoms with E-state index in [-0.39, 0.29) is 0 Å². The zero-order valence-electron chi connectivity index (χ0n) is 12.1. The van der Waals surface area contributed by atoms with Crippen molar-refractivity contribution in [2.24, 2.45) is 5.92 Å². The highest BCUT2D eigenvalue weighted by Gasteiger charge is 2.53. The number of piperidine rings is 1. The summed E-state index contributed by atoms with van der Waals surface area (Å²) in [5.74, 6) is 0.778. The molecular weight excluding hydrogens is 246 g/mol. The first-order valence-corrected chi connectivity index (χ1v) is 8.11. The Morgan fingerprint density at radius 3 is 3.05 bits per heavy atom. The van der Waals surface area contributed by atoms with Gasteiger partial charge in [-0.3, -0.25) is 4.90 Å². The van der Waals surface area contributed by atoms with Crippen LogP contribution in [0.25, 0.3) is 0 Å². The van der Waals surface area contributed by atoms with Crippen LogP contribution >= 0.6 is 0 Å². The van der Waals surface area contributed by atoms with Crippen LogP contribution in [-0.2, 0) is 16.6 Å². The minimum Gasteiger partial charge on any atom is -0.302 e. The molecule has 1 aromatic carbocycles. The predicted octanol–water partition coefficient (Wildman–Crippen LogP) is 2.94. The Morgan fingerprint density at radius 2 is 2.15 bits per heavy atom. The van der Waals surface area contributed by atoms with Gasteiger partial charge in [0.05, 0.1) is 6.54 Å². The summed E-state index contributed by atoms with van der Waals surface area (Å²) in [7, 11) is 0. The lowest BCUT2D eigenvalue weighted by molar-refractivity contribution is -0.111. The highest BCUT2D eigenvalue weighted by atomic mass is 16.1. The van der Waals surface area contributed by atoms with Crippen molar-refractivity contribution >= 4 is 6.29 Å². The van der Waals surface area contributed by atoms with Crippen LogP contribution in [-0.4, -0.2) is 30.3 Å². The van der Waals surface area contributed by atoms with E-state index in [1.165, 1.54) is 32.1 Å². The topological polar surface area (TPSA) is 20.3 Å². The van der Waals surface area contributed by atoms with Gasteiger partial charge in [-0.15, -0.1) is 0 Å². The van der Waals surface area contributed by atoms with E-state index in [1.807, 2.05) is 0 Å². The molecule has 1 saturated heterocycles. The molecule has 106 valence electrons. The van der Waals surface area contributed by atoms with Crippen molar-refractivity contribution in [3.05, 3.63) is 35.4 Å². The summed E-state index contributed by atoms with van der Waals surface area (Å²) in [6.07, 6.45) is 8.96. The van der Waals surface area contributed by atoms with Crippen molar-refractivity contribution in [3.63, 3.8) is 0 Å². The molecule has 1 saturated carbocycles. The highest BCUT2D eigenvalue weighted by Crippen LogP contribution is 2.55. The first-order chi connectivity index (χ1) is 9.85. The smallest absolute Gasteiger partial charge is 0.133 e. The summed E-state index contributed by atoms with van der Waals surface area (Å²) < 4.78 is 0. The number of nitrogens with zero attached hydrogens (tertiary/aromatic N) is 1. The number of aldehydes is 1. The average Bonchev–Trinajstić information content (AvgIpc) is 2.50. The maximum atomic E-state index is 11.0. The Morgan fingerprint density at radius 1 is 1.25 bits per heavy atom. The van der Waals surface area contributed by atoms with E-state index in [0.29, 0.717) is 18.0 Å². The van der Waals surface area contributed by atoms with E-state index in [9.17, 15) is 4.79 Å². The molecule has 3 aliphatic rings. The van der Waals surface area contributed by atoms with E-state index >= 15 is 0 Å². The van der Waals surface area contributed by atoms with Crippen LogP contribution in [0.5, 0.6) is 0 Å². The van der Waals surface area contributed by atoms with E-state index in [1.54, 1.807) is 11.1 Å². The third-order valence-corrected chi connectivity index (χ3v) is 6.17. The van der Waals surface area contributed by atoms with Gasteiger partial charge in [-0.2, -0.15) is 0 Å². The Hall–Kier alpha value is -1.15. The number of fused-ring (bicyclic) bond motifs is 1. The SMILES string of the molecule is O=CCN1CC[C@]23CCCC[C@H]2[C@H]1Cc1ccccc13. The molecule has 0 aromatic heterocycles. The van der Waals surface area contributed by atoms with Crippen LogP contribution in [0.15, 0.2) is 24.3 Å². The zero-order chi connectivity index (χ0) is 13.6. The molecule has 1 heterocycles. The minimum atomic E-state index is 0.428. The molecular formula is C18H23NO. The largest absolute Gasteiger partial charge is 0.302 e. The zero-order valence-corrected chi connectivity index (χ0v) is 12.1. The van der Waals surface area contributed by atoms with Crippen molar-refractivity contribution in [2.45, 2.75) is 50.0 Å². The second-order valence-electron chi connectivity index (χ2n) is 6.85. The van der Waals surface area contributed by atoms with Crippen LogP contribution in [0.3, 0.4) is 0 Å². The number of carbonyl (C=O) groups excluding carboxylic acids is 1. The fraction of sp³-hybridized carbons (Fsp3) is 0.611. The number of hydrogen-bond acceptors (Lipinski definition) is 2. The van der Waals surface area contributed by atoms with Gasteiger partial charge < -0.3 is 4.79 Å². The van der Waals surface area contributed by atoms with Gasteiger partial charge in [0.15, 0.2) is 0 Å². The molecule has 3 atom stereocenters. The Labute approximate surface area is 121 Å². The van der Waals surface area contributed by atoms with Crippen LogP contribution in [0, 0.1) is 5.92 Å². The van der Waals surface area contributed by atoms with Gasteiger partial charge in [-0.1, -0.05) is 37.1 Å². The van der Waals surface area contributed by atoms with Gasteiger partial charge >= 0.3 is 0 Å². The summed E-state index contributed by atoms with van der Waals surface area (Å²) in [5, 5.41) is 0. The van der Waals surface area contributed by atoms with Gasteiger partial charge in [0.25, 0.3) is 0 Å². The van der Waals surface area contributed by atoms with E-state index < -0.39 is 0 Å². The maximum Gasteiger partial charge on any atom is 0.133 e. The Kier molecular flexibility index (Phi) is 2.95. The minimum absolute atomic E-state index is 0.428. The third kappa shape index (κ3) is 1.64. The number of likely N-dealkylation sites (tertiary alicyclic amines) is 1. The first-order valence-electron chi connectivity index (χ1n) is 8.11. The molecule has 0 amide bonds. The molecule has 0 spiro atoms. The van der Waals surface area contributed by atoms with Crippen molar-refractivity contribution in [2.75, 3.05) is 13.1 Å². The third-order valence-electron chi connectivity index (χ3n) is 6.17. The molecule has 0 radical (unpaired) electrons.